The molecule has 0 amide bonds. The van der Waals surface area contributed by atoms with Gasteiger partial charge in [-0.2, -0.15) is 0 Å². The highest BCUT2D eigenvalue weighted by Crippen LogP contribution is 2.36. The summed E-state index contributed by atoms with van der Waals surface area (Å²) in [5.41, 5.74) is 0.353. The Bertz CT molecular complexity index is 1110. The second-order valence-electron chi connectivity index (χ2n) is 5.78. The van der Waals surface area contributed by atoms with Crippen molar-refractivity contribution in [3.05, 3.63) is 82.3 Å². The van der Waals surface area contributed by atoms with Gasteiger partial charge >= 0.3 is 5.97 Å². The van der Waals surface area contributed by atoms with Crippen molar-refractivity contribution >= 4 is 50.7 Å². The average molecular weight is 383 g/mol. The quantitative estimate of drug-likeness (QED) is 0.254. The summed E-state index contributed by atoms with van der Waals surface area (Å²) in [6.45, 7) is 0. The number of rotatable bonds is 2. The normalized spacial score (nSPS) is 11.0. The van der Waals surface area contributed by atoms with Gasteiger partial charge in [0.2, 0.25) is 0 Å². The fourth-order valence-electron chi connectivity index (χ4n) is 3.01. The molecule has 1 N–H and O–H groups in total. The molecule has 0 aliphatic heterocycles. The summed E-state index contributed by atoms with van der Waals surface area (Å²) < 4.78 is 5.45. The molecule has 4 rings (SSSR count). The minimum Gasteiger partial charge on any atom is -0.504 e. The first-order valence-corrected chi connectivity index (χ1v) is 8.61. The SMILES string of the molecule is O=C(Oc1ccccc1O)c1c2cccc(Cl)c2cc2c(Cl)cccc12. The van der Waals surface area contributed by atoms with Crippen LogP contribution in [0.2, 0.25) is 10.0 Å². The monoisotopic (exact) mass is 382 g/mol. The number of fused-ring (bicyclic) bond motifs is 2. The third kappa shape index (κ3) is 2.75. The van der Waals surface area contributed by atoms with E-state index in [2.05, 4.69) is 0 Å². The standard InChI is InChI=1S/C21H12Cl2O3/c22-16-7-3-5-12-14(16)11-15-13(6-4-8-17(15)23)20(12)21(25)26-19-10-2-1-9-18(19)24/h1-11,24H. The Morgan fingerprint density at radius 3 is 1.92 bits per heavy atom. The van der Waals surface area contributed by atoms with Crippen LogP contribution >= 0.6 is 23.2 Å². The van der Waals surface area contributed by atoms with E-state index in [0.717, 1.165) is 0 Å². The second-order valence-corrected chi connectivity index (χ2v) is 6.59. The molecule has 5 heteroatoms. The largest absolute Gasteiger partial charge is 0.504 e. The van der Waals surface area contributed by atoms with Gasteiger partial charge in [-0.25, -0.2) is 4.79 Å². The van der Waals surface area contributed by atoms with Crippen LogP contribution in [0.1, 0.15) is 10.4 Å². The van der Waals surface area contributed by atoms with Gasteiger partial charge in [-0.15, -0.1) is 0 Å². The number of phenols is 1. The van der Waals surface area contributed by atoms with E-state index in [1.54, 1.807) is 36.4 Å². The van der Waals surface area contributed by atoms with E-state index in [9.17, 15) is 9.90 Å². The van der Waals surface area contributed by atoms with Gasteiger partial charge in [0.05, 0.1) is 5.56 Å². The Labute approximate surface area is 159 Å². The van der Waals surface area contributed by atoms with Crippen molar-refractivity contribution in [2.75, 3.05) is 0 Å². The maximum Gasteiger partial charge on any atom is 0.344 e. The molecule has 3 nitrogen and oxygen atoms in total. The van der Waals surface area contributed by atoms with Crippen molar-refractivity contribution in [1.82, 2.24) is 0 Å². The van der Waals surface area contributed by atoms with Crippen molar-refractivity contribution in [2.45, 2.75) is 0 Å². The lowest BCUT2D eigenvalue weighted by Gasteiger charge is -2.13. The number of carbonyl (C=O) groups is 1. The van der Waals surface area contributed by atoms with Gasteiger partial charge in [0.25, 0.3) is 0 Å². The van der Waals surface area contributed by atoms with E-state index in [4.69, 9.17) is 27.9 Å². The van der Waals surface area contributed by atoms with E-state index in [1.807, 2.05) is 18.2 Å². The van der Waals surface area contributed by atoms with E-state index >= 15 is 0 Å². The lowest BCUT2D eigenvalue weighted by molar-refractivity contribution is 0.0734. The highest BCUT2D eigenvalue weighted by atomic mass is 35.5. The number of carbonyl (C=O) groups excluding carboxylic acids is 1. The fourth-order valence-corrected chi connectivity index (χ4v) is 3.47. The van der Waals surface area contributed by atoms with E-state index in [1.165, 1.54) is 12.1 Å². The number of phenolic OH excluding ortho intramolecular Hbond substituents is 1. The molecular formula is C21H12Cl2O3. The lowest BCUT2D eigenvalue weighted by atomic mass is 9.96. The van der Waals surface area contributed by atoms with Gasteiger partial charge < -0.3 is 9.84 Å². The summed E-state index contributed by atoms with van der Waals surface area (Å²) in [7, 11) is 0. The zero-order valence-electron chi connectivity index (χ0n) is 13.4. The van der Waals surface area contributed by atoms with Crippen molar-refractivity contribution < 1.29 is 14.6 Å². The van der Waals surface area contributed by atoms with Gasteiger partial charge in [0.15, 0.2) is 11.5 Å². The summed E-state index contributed by atoms with van der Waals surface area (Å²) in [5, 5.41) is 13.7. The Morgan fingerprint density at radius 1 is 0.769 bits per heavy atom. The number of halogens is 2. The average Bonchev–Trinajstić information content (AvgIpc) is 2.63. The van der Waals surface area contributed by atoms with Gasteiger partial charge in [-0.05, 0) is 41.1 Å². The van der Waals surface area contributed by atoms with Crippen LogP contribution in [0.3, 0.4) is 0 Å². The molecule has 128 valence electrons. The molecule has 0 fully saturated rings. The number of esters is 1. The second kappa shape index (κ2) is 6.52. The summed E-state index contributed by atoms with van der Waals surface area (Å²) in [6.07, 6.45) is 0. The molecule has 4 aromatic carbocycles. The van der Waals surface area contributed by atoms with Gasteiger partial charge in [0.1, 0.15) is 0 Å². The number of ether oxygens (including phenoxy) is 1. The Hall–Kier alpha value is -2.75. The van der Waals surface area contributed by atoms with Gasteiger partial charge in [0, 0.05) is 20.8 Å². The molecule has 0 saturated carbocycles. The maximum absolute atomic E-state index is 13.0. The third-order valence-corrected chi connectivity index (χ3v) is 4.86. The molecule has 0 unspecified atom stereocenters. The van der Waals surface area contributed by atoms with Crippen molar-refractivity contribution in [2.24, 2.45) is 0 Å². The molecule has 0 aromatic heterocycles. The molecular weight excluding hydrogens is 371 g/mol. The smallest absolute Gasteiger partial charge is 0.344 e. The minimum absolute atomic E-state index is 0.0895. The van der Waals surface area contributed by atoms with Crippen LogP contribution in [0, 0.1) is 0 Å². The third-order valence-electron chi connectivity index (χ3n) is 4.21. The molecule has 0 aliphatic rings. The van der Waals surface area contributed by atoms with Crippen LogP contribution in [-0.4, -0.2) is 11.1 Å². The molecule has 0 spiro atoms. The van der Waals surface area contributed by atoms with Gasteiger partial charge in [-0.3, -0.25) is 0 Å². The fraction of sp³-hybridized carbons (Fsp3) is 0. The first kappa shape index (κ1) is 16.7. The van der Waals surface area contributed by atoms with E-state index in [0.29, 0.717) is 37.2 Å². The molecule has 0 saturated heterocycles. The number of para-hydroxylation sites is 2. The minimum atomic E-state index is -0.591. The summed E-state index contributed by atoms with van der Waals surface area (Å²) >= 11 is 12.7. The number of benzene rings is 4. The molecule has 26 heavy (non-hydrogen) atoms. The predicted molar refractivity (Wildman–Crippen MR) is 105 cm³/mol. The molecule has 0 radical (unpaired) electrons. The van der Waals surface area contributed by atoms with Crippen LogP contribution < -0.4 is 4.74 Å². The van der Waals surface area contributed by atoms with Crippen LogP contribution in [0.5, 0.6) is 11.5 Å². The van der Waals surface area contributed by atoms with Crippen LogP contribution in [0.15, 0.2) is 66.7 Å². The van der Waals surface area contributed by atoms with Crippen molar-refractivity contribution in [1.29, 1.82) is 0 Å². The Morgan fingerprint density at radius 2 is 1.35 bits per heavy atom. The van der Waals surface area contributed by atoms with Crippen LogP contribution in [0.25, 0.3) is 21.5 Å². The maximum atomic E-state index is 13.0. The number of aromatic hydroxyl groups is 1. The zero-order chi connectivity index (χ0) is 18.3. The van der Waals surface area contributed by atoms with Gasteiger partial charge in [-0.1, -0.05) is 59.6 Å². The molecule has 4 aromatic rings. The van der Waals surface area contributed by atoms with E-state index in [-0.39, 0.29) is 11.5 Å². The molecule has 0 heterocycles. The van der Waals surface area contributed by atoms with Crippen molar-refractivity contribution in [3.8, 4) is 11.5 Å². The van der Waals surface area contributed by atoms with E-state index < -0.39 is 5.97 Å². The predicted octanol–water partition coefficient (Wildman–Crippen LogP) is 6.22. The Kier molecular flexibility index (Phi) is 4.19. The number of hydrogen-bond donors (Lipinski definition) is 1. The topological polar surface area (TPSA) is 46.5 Å². The molecule has 0 bridgehead atoms. The first-order valence-electron chi connectivity index (χ1n) is 7.86. The summed E-state index contributed by atoms with van der Waals surface area (Å²) in [4.78, 5) is 13.0. The highest BCUT2D eigenvalue weighted by Gasteiger charge is 2.20. The summed E-state index contributed by atoms with van der Waals surface area (Å²) in [5.74, 6) is -0.611. The Balaban J connectivity index is 2.00. The zero-order valence-corrected chi connectivity index (χ0v) is 14.9. The number of hydrogen-bond acceptors (Lipinski definition) is 3. The molecule has 0 atom stereocenters. The first-order chi connectivity index (χ1) is 12.6. The molecule has 0 aliphatic carbocycles. The lowest BCUT2D eigenvalue weighted by Crippen LogP contribution is -2.10. The van der Waals surface area contributed by atoms with Crippen molar-refractivity contribution in [3.63, 3.8) is 0 Å². The highest BCUT2D eigenvalue weighted by molar-refractivity contribution is 6.39. The van der Waals surface area contributed by atoms with Crippen LogP contribution in [-0.2, 0) is 0 Å². The summed E-state index contributed by atoms with van der Waals surface area (Å²) in [6, 6.07) is 18.9. The van der Waals surface area contributed by atoms with Crippen LogP contribution in [0.4, 0.5) is 0 Å².